The second-order valence-corrected chi connectivity index (χ2v) is 3.45. The summed E-state index contributed by atoms with van der Waals surface area (Å²) in [5, 5.41) is 2.71. The fraction of sp³-hybridized carbons (Fsp3) is 0.182. The van der Waals surface area contributed by atoms with Gasteiger partial charge in [-0.3, -0.25) is 4.79 Å². The second kappa shape index (κ2) is 5.20. The van der Waals surface area contributed by atoms with E-state index in [4.69, 9.17) is 0 Å². The summed E-state index contributed by atoms with van der Waals surface area (Å²) in [6.07, 6.45) is 5.16. The van der Waals surface area contributed by atoms with Crippen LogP contribution in [0.15, 0.2) is 30.9 Å². The average molecular weight is 234 g/mol. The van der Waals surface area contributed by atoms with Crippen LogP contribution in [0.5, 0.6) is 0 Å². The van der Waals surface area contributed by atoms with Gasteiger partial charge in [-0.15, -0.1) is 0 Å². The standard InChI is InChI=1S/C11H11FN4O/c12-10-2-1-8(5-15-10)11(17)14-4-3-9-6-13-7-16-9/h1-2,5-7H,3-4H2,(H,13,16)(H,14,17). The number of aromatic nitrogens is 3. The van der Waals surface area contributed by atoms with Crippen LogP contribution in [0.1, 0.15) is 16.1 Å². The molecular weight excluding hydrogens is 223 g/mol. The number of hydrogen-bond acceptors (Lipinski definition) is 3. The molecule has 0 aliphatic carbocycles. The minimum atomic E-state index is -0.598. The molecule has 0 saturated carbocycles. The molecule has 2 heterocycles. The van der Waals surface area contributed by atoms with Gasteiger partial charge in [-0.25, -0.2) is 9.97 Å². The van der Waals surface area contributed by atoms with Crippen molar-refractivity contribution >= 4 is 5.91 Å². The summed E-state index contributed by atoms with van der Waals surface area (Å²) in [6, 6.07) is 2.55. The number of halogens is 1. The van der Waals surface area contributed by atoms with Crippen molar-refractivity contribution in [3.63, 3.8) is 0 Å². The van der Waals surface area contributed by atoms with Gasteiger partial charge in [0.05, 0.1) is 11.9 Å². The number of nitrogens with zero attached hydrogens (tertiary/aromatic N) is 2. The van der Waals surface area contributed by atoms with Crippen molar-refractivity contribution in [2.45, 2.75) is 6.42 Å². The van der Waals surface area contributed by atoms with E-state index in [1.165, 1.54) is 12.3 Å². The van der Waals surface area contributed by atoms with Gasteiger partial charge in [-0.05, 0) is 12.1 Å². The Morgan fingerprint density at radius 1 is 1.41 bits per heavy atom. The zero-order chi connectivity index (χ0) is 12.1. The summed E-state index contributed by atoms with van der Waals surface area (Å²) in [6.45, 7) is 0.485. The summed E-state index contributed by atoms with van der Waals surface area (Å²) in [4.78, 5) is 21.8. The maximum atomic E-state index is 12.5. The van der Waals surface area contributed by atoms with Crippen LogP contribution in [0.4, 0.5) is 4.39 Å². The van der Waals surface area contributed by atoms with E-state index in [0.29, 0.717) is 18.5 Å². The number of aromatic amines is 1. The lowest BCUT2D eigenvalue weighted by Gasteiger charge is -2.03. The number of rotatable bonds is 4. The van der Waals surface area contributed by atoms with Crippen LogP contribution < -0.4 is 5.32 Å². The number of carbonyl (C=O) groups excluding carboxylic acids is 1. The van der Waals surface area contributed by atoms with Crippen LogP contribution in [0.25, 0.3) is 0 Å². The predicted molar refractivity (Wildman–Crippen MR) is 58.8 cm³/mol. The topological polar surface area (TPSA) is 70.7 Å². The van der Waals surface area contributed by atoms with Crippen molar-refractivity contribution in [2.24, 2.45) is 0 Å². The average Bonchev–Trinajstić information content (AvgIpc) is 2.83. The number of imidazole rings is 1. The van der Waals surface area contributed by atoms with E-state index < -0.39 is 5.95 Å². The largest absolute Gasteiger partial charge is 0.352 e. The zero-order valence-electron chi connectivity index (χ0n) is 8.98. The maximum Gasteiger partial charge on any atom is 0.252 e. The van der Waals surface area contributed by atoms with Crippen LogP contribution in [-0.4, -0.2) is 27.4 Å². The fourth-order valence-corrected chi connectivity index (χ4v) is 1.34. The summed E-state index contributed by atoms with van der Waals surface area (Å²) >= 11 is 0. The molecule has 0 aliphatic heterocycles. The minimum absolute atomic E-state index is 0.267. The lowest BCUT2D eigenvalue weighted by molar-refractivity contribution is 0.0953. The monoisotopic (exact) mass is 234 g/mol. The quantitative estimate of drug-likeness (QED) is 0.773. The highest BCUT2D eigenvalue weighted by atomic mass is 19.1. The highest BCUT2D eigenvalue weighted by Crippen LogP contribution is 1.99. The molecular formula is C11H11FN4O. The van der Waals surface area contributed by atoms with Crippen LogP contribution in [-0.2, 0) is 6.42 Å². The molecule has 0 aliphatic rings. The van der Waals surface area contributed by atoms with E-state index in [1.807, 2.05) is 0 Å². The molecule has 0 fully saturated rings. The van der Waals surface area contributed by atoms with Crippen LogP contribution >= 0.6 is 0 Å². The Balaban J connectivity index is 1.83. The van der Waals surface area contributed by atoms with Gasteiger partial charge in [0.2, 0.25) is 5.95 Å². The molecule has 2 aromatic heterocycles. The van der Waals surface area contributed by atoms with Gasteiger partial charge in [-0.1, -0.05) is 0 Å². The third kappa shape index (κ3) is 3.10. The van der Waals surface area contributed by atoms with Crippen molar-refractivity contribution in [3.8, 4) is 0 Å². The molecule has 2 N–H and O–H groups in total. The highest BCUT2D eigenvalue weighted by Gasteiger charge is 2.05. The number of nitrogens with one attached hydrogen (secondary N) is 2. The van der Waals surface area contributed by atoms with E-state index in [0.717, 1.165) is 11.8 Å². The van der Waals surface area contributed by atoms with Crippen molar-refractivity contribution < 1.29 is 9.18 Å². The van der Waals surface area contributed by atoms with Crippen molar-refractivity contribution in [1.29, 1.82) is 0 Å². The predicted octanol–water partition coefficient (Wildman–Crippen LogP) is 0.916. The Labute approximate surface area is 97.1 Å². The number of amides is 1. The molecule has 0 atom stereocenters. The molecule has 1 amide bonds. The molecule has 0 unspecified atom stereocenters. The normalized spacial score (nSPS) is 10.2. The lowest BCUT2D eigenvalue weighted by Crippen LogP contribution is -2.25. The van der Waals surface area contributed by atoms with Crippen molar-refractivity contribution in [3.05, 3.63) is 48.1 Å². The Hall–Kier alpha value is -2.24. The van der Waals surface area contributed by atoms with Gasteiger partial charge in [0.1, 0.15) is 0 Å². The molecule has 0 bridgehead atoms. The van der Waals surface area contributed by atoms with Gasteiger partial charge >= 0.3 is 0 Å². The molecule has 0 saturated heterocycles. The van der Waals surface area contributed by atoms with Gasteiger partial charge in [0.25, 0.3) is 5.91 Å². The van der Waals surface area contributed by atoms with Crippen molar-refractivity contribution in [1.82, 2.24) is 20.3 Å². The van der Waals surface area contributed by atoms with Gasteiger partial charge in [0.15, 0.2) is 0 Å². The van der Waals surface area contributed by atoms with E-state index in [-0.39, 0.29) is 5.91 Å². The number of pyridine rings is 1. The van der Waals surface area contributed by atoms with Crippen LogP contribution in [0.2, 0.25) is 0 Å². The Morgan fingerprint density at radius 3 is 2.94 bits per heavy atom. The molecule has 0 radical (unpaired) electrons. The van der Waals surface area contributed by atoms with E-state index in [1.54, 1.807) is 12.5 Å². The second-order valence-electron chi connectivity index (χ2n) is 3.45. The molecule has 2 aromatic rings. The third-order valence-electron chi connectivity index (χ3n) is 2.22. The summed E-state index contributed by atoms with van der Waals surface area (Å²) < 4.78 is 12.5. The van der Waals surface area contributed by atoms with Crippen LogP contribution in [0.3, 0.4) is 0 Å². The van der Waals surface area contributed by atoms with Crippen molar-refractivity contribution in [2.75, 3.05) is 6.54 Å². The van der Waals surface area contributed by atoms with Gasteiger partial charge in [-0.2, -0.15) is 4.39 Å². The first-order valence-corrected chi connectivity index (χ1v) is 5.13. The number of hydrogen-bond donors (Lipinski definition) is 2. The van der Waals surface area contributed by atoms with E-state index in [2.05, 4.69) is 20.3 Å². The minimum Gasteiger partial charge on any atom is -0.352 e. The number of carbonyl (C=O) groups is 1. The maximum absolute atomic E-state index is 12.5. The Kier molecular flexibility index (Phi) is 3.44. The fourth-order valence-electron chi connectivity index (χ4n) is 1.34. The molecule has 5 nitrogen and oxygen atoms in total. The van der Waals surface area contributed by atoms with Gasteiger partial charge in [0, 0.05) is 31.1 Å². The van der Waals surface area contributed by atoms with Crippen LogP contribution in [0, 0.1) is 5.95 Å². The van der Waals surface area contributed by atoms with E-state index in [9.17, 15) is 9.18 Å². The molecule has 6 heteroatoms. The summed E-state index contributed by atoms with van der Waals surface area (Å²) in [5.41, 5.74) is 1.29. The molecule has 17 heavy (non-hydrogen) atoms. The first kappa shape index (κ1) is 11.3. The molecule has 88 valence electrons. The Bertz CT molecular complexity index is 481. The summed E-state index contributed by atoms with van der Waals surface area (Å²) in [7, 11) is 0. The molecule has 2 rings (SSSR count). The third-order valence-corrected chi connectivity index (χ3v) is 2.22. The van der Waals surface area contributed by atoms with Gasteiger partial charge < -0.3 is 10.3 Å². The van der Waals surface area contributed by atoms with E-state index >= 15 is 0 Å². The highest BCUT2D eigenvalue weighted by molar-refractivity contribution is 5.93. The SMILES string of the molecule is O=C(NCCc1cnc[nH]1)c1ccc(F)nc1. The first-order chi connectivity index (χ1) is 8.25. The smallest absolute Gasteiger partial charge is 0.252 e. The lowest BCUT2D eigenvalue weighted by atomic mass is 10.2. The summed E-state index contributed by atoms with van der Waals surface area (Å²) in [5.74, 6) is -0.865. The number of H-pyrrole nitrogens is 1. The Morgan fingerprint density at radius 2 is 2.29 bits per heavy atom. The zero-order valence-corrected chi connectivity index (χ0v) is 8.98. The molecule has 0 aromatic carbocycles. The molecule has 0 spiro atoms. The first-order valence-electron chi connectivity index (χ1n) is 5.13.